The fraction of sp³-hybridized carbons (Fsp3) is 0.423. The largest absolute Gasteiger partial charge is 0.494 e. The van der Waals surface area contributed by atoms with Crippen molar-refractivity contribution < 1.29 is 9.53 Å². The van der Waals surface area contributed by atoms with Gasteiger partial charge in [-0.05, 0) is 61.6 Å². The van der Waals surface area contributed by atoms with Crippen molar-refractivity contribution in [2.24, 2.45) is 0 Å². The van der Waals surface area contributed by atoms with E-state index in [-0.39, 0.29) is 18.2 Å². The van der Waals surface area contributed by atoms with Crippen LogP contribution in [0.5, 0.6) is 5.75 Å². The van der Waals surface area contributed by atoms with Gasteiger partial charge in [0.1, 0.15) is 5.75 Å². The maximum atomic E-state index is 12.4. The van der Waals surface area contributed by atoms with Crippen molar-refractivity contribution in [3.63, 3.8) is 0 Å². The summed E-state index contributed by atoms with van der Waals surface area (Å²) in [5.74, 6) is 1.07. The van der Waals surface area contributed by atoms with E-state index in [0.717, 1.165) is 43.9 Å². The minimum atomic E-state index is 0. The molecule has 1 heterocycles. The van der Waals surface area contributed by atoms with Crippen LogP contribution in [-0.2, 0) is 11.2 Å². The third-order valence-electron chi connectivity index (χ3n) is 5.52. The number of hydrogen-bond acceptors (Lipinski definition) is 3. The molecule has 0 saturated carbocycles. The van der Waals surface area contributed by atoms with E-state index in [4.69, 9.17) is 4.74 Å². The lowest BCUT2D eigenvalue weighted by Crippen LogP contribution is -2.41. The first-order valence-corrected chi connectivity index (χ1v) is 11.0. The Morgan fingerprint density at radius 2 is 1.87 bits per heavy atom. The van der Waals surface area contributed by atoms with E-state index in [1.165, 1.54) is 24.8 Å². The normalized spacial score (nSPS) is 16.9. The molecule has 4 heteroatoms. The number of nitrogens with zero attached hydrogens (tertiary/aromatic N) is 1. The molecule has 162 valence electrons. The molecule has 1 saturated heterocycles. The van der Waals surface area contributed by atoms with Gasteiger partial charge in [0.2, 0.25) is 0 Å². The zero-order valence-electron chi connectivity index (χ0n) is 18.0. The summed E-state index contributed by atoms with van der Waals surface area (Å²) >= 11 is 0. The maximum absolute atomic E-state index is 12.4. The molecule has 0 amide bonds. The van der Waals surface area contributed by atoms with Gasteiger partial charge < -0.3 is 4.74 Å². The van der Waals surface area contributed by atoms with Crippen molar-refractivity contribution in [3.8, 4) is 5.75 Å². The summed E-state index contributed by atoms with van der Waals surface area (Å²) in [6.45, 7) is 4.78. The maximum Gasteiger partial charge on any atom is 0.156 e. The molecule has 0 spiro atoms. The average molecular weight is 428 g/mol. The van der Waals surface area contributed by atoms with Gasteiger partial charge in [0.15, 0.2) is 5.78 Å². The molecule has 1 aliphatic heterocycles. The summed E-state index contributed by atoms with van der Waals surface area (Å²) in [6.07, 6.45) is 10.0. The van der Waals surface area contributed by atoms with Crippen LogP contribution in [0.15, 0.2) is 60.7 Å². The van der Waals surface area contributed by atoms with Crippen LogP contribution in [-0.4, -0.2) is 36.4 Å². The molecule has 2 aromatic rings. The molecule has 3 rings (SSSR count). The monoisotopic (exact) mass is 427 g/mol. The quantitative estimate of drug-likeness (QED) is 0.437. The van der Waals surface area contributed by atoms with Crippen molar-refractivity contribution in [2.45, 2.75) is 51.5 Å². The van der Waals surface area contributed by atoms with E-state index < -0.39 is 0 Å². The minimum absolute atomic E-state index is 0. The van der Waals surface area contributed by atoms with Gasteiger partial charge in [-0.3, -0.25) is 9.69 Å². The molecule has 1 unspecified atom stereocenters. The molecule has 0 aliphatic carbocycles. The predicted molar refractivity (Wildman–Crippen MR) is 127 cm³/mol. The fourth-order valence-electron chi connectivity index (χ4n) is 3.89. The number of carbonyl (C=O) groups excluding carboxylic acids is 1. The van der Waals surface area contributed by atoms with Gasteiger partial charge in [-0.1, -0.05) is 61.9 Å². The standard InChI is InChI=1S/C26H33NO2.ClH/c1-2-20-29-26-15-12-22(13-16-26)11-14-25(28)17-19-27-18-7-6-10-24(27)21-23-8-4-3-5-9-23;/h3-5,8-9,11-16,24H,2,6-7,10,17-21H2,1H3;1H. The Kier molecular flexibility index (Phi) is 10.7. The number of carbonyl (C=O) groups is 1. The van der Waals surface area contributed by atoms with Crippen LogP contribution < -0.4 is 4.74 Å². The Balaban J connectivity index is 0.00000320. The number of piperidine rings is 1. The Morgan fingerprint density at radius 3 is 2.60 bits per heavy atom. The topological polar surface area (TPSA) is 29.5 Å². The minimum Gasteiger partial charge on any atom is -0.494 e. The predicted octanol–water partition coefficient (Wildman–Crippen LogP) is 5.97. The van der Waals surface area contributed by atoms with Crippen LogP contribution in [0, 0.1) is 0 Å². The first-order chi connectivity index (χ1) is 14.2. The average Bonchev–Trinajstić information content (AvgIpc) is 2.77. The van der Waals surface area contributed by atoms with Crippen LogP contribution in [0.25, 0.3) is 6.08 Å². The van der Waals surface area contributed by atoms with E-state index in [9.17, 15) is 4.79 Å². The van der Waals surface area contributed by atoms with Gasteiger partial charge in [0.05, 0.1) is 6.61 Å². The SMILES string of the molecule is CCCOc1ccc(C=CC(=O)CCN2CCCCC2Cc2ccccc2)cc1.Cl. The molecule has 0 aromatic heterocycles. The Bertz CT molecular complexity index is 773. The number of likely N-dealkylation sites (tertiary alicyclic amines) is 1. The summed E-state index contributed by atoms with van der Waals surface area (Å²) in [5, 5.41) is 0. The number of hydrogen-bond donors (Lipinski definition) is 0. The molecule has 0 radical (unpaired) electrons. The van der Waals surface area contributed by atoms with Crippen LogP contribution in [0.4, 0.5) is 0 Å². The van der Waals surface area contributed by atoms with Gasteiger partial charge in [0, 0.05) is 19.0 Å². The molecule has 30 heavy (non-hydrogen) atoms. The highest BCUT2D eigenvalue weighted by molar-refractivity contribution is 5.93. The zero-order chi connectivity index (χ0) is 20.3. The van der Waals surface area contributed by atoms with Gasteiger partial charge in [-0.15, -0.1) is 12.4 Å². The smallest absolute Gasteiger partial charge is 0.156 e. The second-order valence-electron chi connectivity index (χ2n) is 7.84. The molecular weight excluding hydrogens is 394 g/mol. The molecule has 0 N–H and O–H groups in total. The molecule has 1 atom stereocenters. The van der Waals surface area contributed by atoms with Gasteiger partial charge >= 0.3 is 0 Å². The lowest BCUT2D eigenvalue weighted by molar-refractivity contribution is -0.115. The van der Waals surface area contributed by atoms with Crippen molar-refractivity contribution in [3.05, 3.63) is 71.8 Å². The number of ketones is 1. The summed E-state index contributed by atoms with van der Waals surface area (Å²) in [6, 6.07) is 19.2. The zero-order valence-corrected chi connectivity index (χ0v) is 18.8. The second-order valence-corrected chi connectivity index (χ2v) is 7.84. The first kappa shape index (κ1) is 24.2. The van der Waals surface area contributed by atoms with Crippen LogP contribution in [0.3, 0.4) is 0 Å². The molecule has 2 aromatic carbocycles. The summed E-state index contributed by atoms with van der Waals surface area (Å²) in [5.41, 5.74) is 2.42. The number of benzene rings is 2. The fourth-order valence-corrected chi connectivity index (χ4v) is 3.89. The highest BCUT2D eigenvalue weighted by atomic mass is 35.5. The lowest BCUT2D eigenvalue weighted by Gasteiger charge is -2.35. The number of ether oxygens (including phenoxy) is 1. The van der Waals surface area contributed by atoms with Gasteiger partial charge in [-0.2, -0.15) is 0 Å². The molecule has 0 bridgehead atoms. The molecule has 1 fully saturated rings. The highest BCUT2D eigenvalue weighted by Crippen LogP contribution is 2.21. The summed E-state index contributed by atoms with van der Waals surface area (Å²) < 4.78 is 5.60. The van der Waals surface area contributed by atoms with Crippen molar-refractivity contribution in [1.82, 2.24) is 4.90 Å². The first-order valence-electron chi connectivity index (χ1n) is 11.0. The number of allylic oxidation sites excluding steroid dienone is 1. The number of halogens is 1. The second kappa shape index (κ2) is 13.3. The van der Waals surface area contributed by atoms with Crippen molar-refractivity contribution >= 4 is 24.3 Å². The number of rotatable bonds is 10. The summed E-state index contributed by atoms with van der Waals surface area (Å²) in [7, 11) is 0. The van der Waals surface area contributed by atoms with Crippen LogP contribution in [0.2, 0.25) is 0 Å². The van der Waals surface area contributed by atoms with E-state index in [0.29, 0.717) is 12.5 Å². The molecule has 1 aliphatic rings. The third kappa shape index (κ3) is 7.97. The van der Waals surface area contributed by atoms with Crippen LogP contribution >= 0.6 is 12.4 Å². The van der Waals surface area contributed by atoms with E-state index >= 15 is 0 Å². The Labute approximate surface area is 187 Å². The van der Waals surface area contributed by atoms with E-state index in [1.54, 1.807) is 6.08 Å². The van der Waals surface area contributed by atoms with E-state index in [1.807, 2.05) is 30.3 Å². The highest BCUT2D eigenvalue weighted by Gasteiger charge is 2.22. The molecular formula is C26H34ClNO2. The van der Waals surface area contributed by atoms with Crippen molar-refractivity contribution in [1.29, 1.82) is 0 Å². The summed E-state index contributed by atoms with van der Waals surface area (Å²) in [4.78, 5) is 14.9. The molecule has 3 nitrogen and oxygen atoms in total. The third-order valence-corrected chi connectivity index (χ3v) is 5.52. The van der Waals surface area contributed by atoms with Gasteiger partial charge in [-0.25, -0.2) is 0 Å². The van der Waals surface area contributed by atoms with Crippen molar-refractivity contribution in [2.75, 3.05) is 19.7 Å². The van der Waals surface area contributed by atoms with E-state index in [2.05, 4.69) is 42.2 Å². The Morgan fingerprint density at radius 1 is 1.10 bits per heavy atom. The Hall–Kier alpha value is -2.10. The van der Waals surface area contributed by atoms with Gasteiger partial charge in [0.25, 0.3) is 0 Å². The van der Waals surface area contributed by atoms with Crippen LogP contribution in [0.1, 0.15) is 50.2 Å². The lowest BCUT2D eigenvalue weighted by atomic mass is 9.95.